The Morgan fingerprint density at radius 2 is 1.91 bits per heavy atom. The number of carbonyl (C=O) groups is 2. The molecule has 6 nitrogen and oxygen atoms in total. The normalized spacial score (nSPS) is 24.0. The third-order valence-electron chi connectivity index (χ3n) is 3.87. The molecule has 0 aliphatic carbocycles. The highest BCUT2D eigenvalue weighted by molar-refractivity contribution is 6.03. The maximum atomic E-state index is 12.4. The number of carbonyl (C=O) groups excluding carboxylic acids is 2. The van der Waals surface area contributed by atoms with Gasteiger partial charge in [-0.3, -0.25) is 9.69 Å². The summed E-state index contributed by atoms with van der Waals surface area (Å²) in [6.45, 7) is 0.416. The van der Waals surface area contributed by atoms with Gasteiger partial charge in [0, 0.05) is 12.2 Å². The predicted octanol–water partition coefficient (Wildman–Crippen LogP) is 1.66. The standard InChI is InChI=1S/C14H13F3N3O3/c15-14(16,17)23-9-5-3-8(4-6-9)20-11(12(18)21)10-2-1-7-19(10)13(20)22/h1,3-6,10-11H,2,7H2,(H2,18,21)/t10-,11?/m0/s1. The van der Waals surface area contributed by atoms with E-state index in [0.29, 0.717) is 18.7 Å². The minimum Gasteiger partial charge on any atom is -0.406 e. The highest BCUT2D eigenvalue weighted by atomic mass is 19.4. The van der Waals surface area contributed by atoms with Crippen molar-refractivity contribution in [2.24, 2.45) is 5.73 Å². The molecule has 3 rings (SSSR count). The molecule has 2 fully saturated rings. The van der Waals surface area contributed by atoms with Crippen molar-refractivity contribution in [3.8, 4) is 5.75 Å². The van der Waals surface area contributed by atoms with Crippen LogP contribution in [0.2, 0.25) is 0 Å². The summed E-state index contributed by atoms with van der Waals surface area (Å²) in [6.07, 6.45) is -2.36. The lowest BCUT2D eigenvalue weighted by atomic mass is 10.1. The van der Waals surface area contributed by atoms with E-state index in [2.05, 4.69) is 4.74 Å². The zero-order valence-corrected chi connectivity index (χ0v) is 11.8. The monoisotopic (exact) mass is 328 g/mol. The number of fused-ring (bicyclic) bond motifs is 1. The minimum atomic E-state index is -4.79. The number of hydrogen-bond acceptors (Lipinski definition) is 3. The van der Waals surface area contributed by atoms with Gasteiger partial charge in [-0.15, -0.1) is 13.2 Å². The summed E-state index contributed by atoms with van der Waals surface area (Å²) < 4.78 is 40.3. The van der Waals surface area contributed by atoms with E-state index in [0.717, 1.165) is 12.1 Å². The average molecular weight is 328 g/mol. The number of amides is 3. The van der Waals surface area contributed by atoms with Gasteiger partial charge in [-0.05, 0) is 37.1 Å². The van der Waals surface area contributed by atoms with Crippen LogP contribution in [-0.2, 0) is 4.79 Å². The minimum absolute atomic E-state index is 0.294. The SMILES string of the molecule is NC(=O)C1[C@@H]2C[CH]CN2C(=O)N1c1ccc(OC(F)(F)F)cc1. The van der Waals surface area contributed by atoms with Gasteiger partial charge in [0.25, 0.3) is 0 Å². The summed E-state index contributed by atoms with van der Waals surface area (Å²) in [6, 6.07) is 3.17. The smallest absolute Gasteiger partial charge is 0.406 e. The molecular weight excluding hydrogens is 315 g/mol. The van der Waals surface area contributed by atoms with Crippen LogP contribution in [0.3, 0.4) is 0 Å². The Kier molecular flexibility index (Phi) is 3.57. The Hall–Kier alpha value is -2.45. The lowest BCUT2D eigenvalue weighted by Gasteiger charge is -2.23. The molecule has 0 saturated carbocycles. The second kappa shape index (κ2) is 5.32. The zero-order valence-electron chi connectivity index (χ0n) is 11.8. The number of urea groups is 1. The van der Waals surface area contributed by atoms with Gasteiger partial charge in [0.1, 0.15) is 11.8 Å². The molecule has 2 saturated heterocycles. The molecule has 123 valence electrons. The predicted molar refractivity (Wildman–Crippen MR) is 73.4 cm³/mol. The number of halogens is 3. The maximum Gasteiger partial charge on any atom is 0.573 e. The number of nitrogens with two attached hydrogens (primary N) is 1. The van der Waals surface area contributed by atoms with Gasteiger partial charge >= 0.3 is 12.4 Å². The third kappa shape index (κ3) is 2.78. The van der Waals surface area contributed by atoms with E-state index in [-0.39, 0.29) is 6.04 Å². The number of benzene rings is 1. The van der Waals surface area contributed by atoms with Gasteiger partial charge in [-0.2, -0.15) is 0 Å². The summed E-state index contributed by atoms with van der Waals surface area (Å²) in [5, 5.41) is 0. The van der Waals surface area contributed by atoms with Crippen LogP contribution in [-0.4, -0.2) is 41.8 Å². The number of anilines is 1. The molecule has 2 heterocycles. The summed E-state index contributed by atoms with van der Waals surface area (Å²) >= 11 is 0. The van der Waals surface area contributed by atoms with Crippen molar-refractivity contribution in [2.75, 3.05) is 11.4 Å². The molecule has 1 radical (unpaired) electrons. The summed E-state index contributed by atoms with van der Waals surface area (Å²) in [5.74, 6) is -1.06. The van der Waals surface area contributed by atoms with Crippen LogP contribution in [0.15, 0.2) is 24.3 Å². The van der Waals surface area contributed by atoms with Gasteiger partial charge in [0.05, 0.1) is 6.04 Å². The van der Waals surface area contributed by atoms with Crippen LogP contribution in [0.25, 0.3) is 0 Å². The van der Waals surface area contributed by atoms with Crippen molar-refractivity contribution in [3.63, 3.8) is 0 Å². The number of nitrogens with zero attached hydrogens (tertiary/aromatic N) is 2. The molecule has 2 atom stereocenters. The van der Waals surface area contributed by atoms with Crippen molar-refractivity contribution >= 4 is 17.6 Å². The van der Waals surface area contributed by atoms with Gasteiger partial charge in [0.2, 0.25) is 5.91 Å². The van der Waals surface area contributed by atoms with Crippen molar-refractivity contribution in [3.05, 3.63) is 30.7 Å². The van der Waals surface area contributed by atoms with Crippen molar-refractivity contribution in [1.29, 1.82) is 0 Å². The van der Waals surface area contributed by atoms with Crippen molar-refractivity contribution < 1.29 is 27.5 Å². The first-order chi connectivity index (χ1) is 10.8. The van der Waals surface area contributed by atoms with Crippen LogP contribution in [0.5, 0.6) is 5.75 Å². The number of hydrogen-bond donors (Lipinski definition) is 1. The van der Waals surface area contributed by atoms with Gasteiger partial charge in [-0.1, -0.05) is 0 Å². The van der Waals surface area contributed by atoms with E-state index < -0.39 is 30.1 Å². The summed E-state index contributed by atoms with van der Waals surface area (Å²) in [4.78, 5) is 26.9. The molecule has 0 aromatic heterocycles. The number of ether oxygens (including phenoxy) is 1. The van der Waals surface area contributed by atoms with E-state index in [9.17, 15) is 22.8 Å². The first-order valence-corrected chi connectivity index (χ1v) is 6.84. The van der Waals surface area contributed by atoms with Crippen molar-refractivity contribution in [1.82, 2.24) is 4.90 Å². The molecule has 2 N–H and O–H groups in total. The van der Waals surface area contributed by atoms with E-state index in [4.69, 9.17) is 5.73 Å². The van der Waals surface area contributed by atoms with Crippen molar-refractivity contribution in [2.45, 2.75) is 24.9 Å². The molecule has 9 heteroatoms. The number of rotatable bonds is 3. The Morgan fingerprint density at radius 1 is 1.26 bits per heavy atom. The van der Waals surface area contributed by atoms with E-state index in [1.54, 1.807) is 0 Å². The van der Waals surface area contributed by atoms with Crippen LogP contribution in [0.4, 0.5) is 23.7 Å². The fourth-order valence-corrected chi connectivity index (χ4v) is 2.99. The topological polar surface area (TPSA) is 75.9 Å². The first-order valence-electron chi connectivity index (χ1n) is 6.84. The fourth-order valence-electron chi connectivity index (χ4n) is 2.99. The second-order valence-electron chi connectivity index (χ2n) is 5.29. The Balaban J connectivity index is 1.87. The lowest BCUT2D eigenvalue weighted by molar-refractivity contribution is -0.274. The molecule has 1 unspecified atom stereocenters. The summed E-state index contributed by atoms with van der Waals surface area (Å²) in [7, 11) is 0. The van der Waals surface area contributed by atoms with Crippen LogP contribution < -0.4 is 15.4 Å². The highest BCUT2D eigenvalue weighted by Gasteiger charge is 2.51. The molecule has 1 aromatic rings. The van der Waals surface area contributed by atoms with E-state index in [1.165, 1.54) is 21.9 Å². The second-order valence-corrected chi connectivity index (χ2v) is 5.29. The molecule has 0 spiro atoms. The molecule has 3 amide bonds. The van der Waals surface area contributed by atoms with Crippen LogP contribution >= 0.6 is 0 Å². The lowest BCUT2D eigenvalue weighted by Crippen LogP contribution is -2.46. The fraction of sp³-hybridized carbons (Fsp3) is 0.357. The van der Waals surface area contributed by atoms with Gasteiger partial charge in [-0.25, -0.2) is 4.79 Å². The Bertz CT molecular complexity index is 632. The van der Waals surface area contributed by atoms with Crippen LogP contribution in [0, 0.1) is 6.42 Å². The molecule has 2 aliphatic heterocycles. The number of alkyl halides is 3. The van der Waals surface area contributed by atoms with Gasteiger partial charge in [0.15, 0.2) is 0 Å². The molecule has 2 aliphatic rings. The first kappa shape index (κ1) is 15.4. The average Bonchev–Trinajstić information content (AvgIpc) is 3.00. The highest BCUT2D eigenvalue weighted by Crippen LogP contribution is 2.35. The summed E-state index contributed by atoms with van der Waals surface area (Å²) in [5.41, 5.74) is 5.70. The van der Waals surface area contributed by atoms with E-state index in [1.807, 2.05) is 6.42 Å². The molecular formula is C14H13F3N3O3. The molecule has 0 bridgehead atoms. The van der Waals surface area contributed by atoms with Gasteiger partial charge < -0.3 is 15.4 Å². The third-order valence-corrected chi connectivity index (χ3v) is 3.87. The molecule has 1 aromatic carbocycles. The number of primary amides is 1. The Morgan fingerprint density at radius 3 is 2.48 bits per heavy atom. The van der Waals surface area contributed by atoms with Crippen LogP contribution in [0.1, 0.15) is 6.42 Å². The van der Waals surface area contributed by atoms with E-state index >= 15 is 0 Å². The quantitative estimate of drug-likeness (QED) is 0.917. The zero-order chi connectivity index (χ0) is 16.8. The molecule has 23 heavy (non-hydrogen) atoms. The largest absolute Gasteiger partial charge is 0.573 e. The maximum absolute atomic E-state index is 12.4. The Labute approximate surface area is 129 Å².